The number of nitrogens with zero attached hydrogens (tertiary/aromatic N) is 2. The zero-order valence-electron chi connectivity index (χ0n) is 25.9. The summed E-state index contributed by atoms with van der Waals surface area (Å²) in [4.78, 5) is 60.3. The molecule has 2 heterocycles. The molecule has 9 heteroatoms. The first-order valence-corrected chi connectivity index (χ1v) is 17.0. The molecular formula is C38H30BrClN2O5. The third-order valence-corrected chi connectivity index (χ3v) is 11.9. The maximum atomic E-state index is 13.7. The minimum atomic E-state index is -1.02. The molecule has 1 saturated heterocycles. The first-order valence-electron chi connectivity index (χ1n) is 15.8. The van der Waals surface area contributed by atoms with Crippen LogP contribution in [0.2, 0.25) is 5.02 Å². The van der Waals surface area contributed by atoms with E-state index in [4.69, 9.17) is 21.3 Å². The van der Waals surface area contributed by atoms with Crippen LogP contribution in [0.4, 0.5) is 5.69 Å². The highest BCUT2D eigenvalue weighted by Gasteiger charge is 2.67. The Kier molecular flexibility index (Phi) is 7.04. The third-order valence-electron chi connectivity index (χ3n) is 10.5. The van der Waals surface area contributed by atoms with E-state index in [0.29, 0.717) is 60.3 Å². The minimum absolute atomic E-state index is 0.114. The number of aromatic nitrogens is 1. The molecule has 4 aromatic rings. The van der Waals surface area contributed by atoms with E-state index >= 15 is 0 Å². The Balaban J connectivity index is 1.12. The number of carbonyl (C=O) groups is 4. The minimum Gasteiger partial charge on any atom is -0.451 e. The van der Waals surface area contributed by atoms with Crippen molar-refractivity contribution in [3.8, 4) is 11.3 Å². The van der Waals surface area contributed by atoms with Gasteiger partial charge < -0.3 is 4.74 Å². The normalized spacial score (nSPS) is 25.9. The van der Waals surface area contributed by atoms with Crippen LogP contribution in [-0.4, -0.2) is 34.7 Å². The number of hydrogen-bond donors (Lipinski definition) is 0. The molecule has 1 aromatic heterocycles. The van der Waals surface area contributed by atoms with E-state index in [-0.39, 0.29) is 46.8 Å². The van der Waals surface area contributed by atoms with Gasteiger partial charge in [-0.2, -0.15) is 0 Å². The standard InChI is InChI=1S/C38H30BrClN2O5/c1-17-4-6-21(7-5-17)35(43)19(3)47-38(46)28-16-30(41-34-18(2)33(40)29(39)15-27(28)34)20-8-10-22(11-9-20)42-36(44)31-23-12-13-24(26-14-25(23)26)32(31)37(42)45/h4-13,15-16,19,23-26,31-32H,14H2,1-3H3. The zero-order chi connectivity index (χ0) is 32.9. The number of fused-ring (bicyclic) bond motifs is 1. The Labute approximate surface area is 285 Å². The van der Waals surface area contributed by atoms with Crippen LogP contribution in [0, 0.1) is 49.4 Å². The lowest BCUT2D eigenvalue weighted by Gasteiger charge is -2.37. The van der Waals surface area contributed by atoms with Crippen molar-refractivity contribution < 1.29 is 23.9 Å². The second-order valence-electron chi connectivity index (χ2n) is 13.2. The molecule has 9 rings (SSSR count). The number of hydrogen-bond acceptors (Lipinski definition) is 6. The number of ether oxygens (including phenoxy) is 1. The molecule has 5 aliphatic rings. The van der Waals surface area contributed by atoms with E-state index in [1.165, 1.54) is 4.90 Å². The van der Waals surface area contributed by atoms with Crippen LogP contribution in [0.15, 0.2) is 77.3 Å². The molecule has 7 nitrogen and oxygen atoms in total. The summed E-state index contributed by atoms with van der Waals surface area (Å²) >= 11 is 10.1. The summed E-state index contributed by atoms with van der Waals surface area (Å²) in [6.45, 7) is 5.32. The van der Waals surface area contributed by atoms with Crippen LogP contribution in [0.25, 0.3) is 22.2 Å². The van der Waals surface area contributed by atoms with E-state index in [1.54, 1.807) is 55.5 Å². The number of halogens is 2. The predicted molar refractivity (Wildman–Crippen MR) is 182 cm³/mol. The van der Waals surface area contributed by atoms with Gasteiger partial charge in [-0.15, -0.1) is 0 Å². The van der Waals surface area contributed by atoms with Crippen LogP contribution in [-0.2, 0) is 14.3 Å². The zero-order valence-corrected chi connectivity index (χ0v) is 28.2. The lowest BCUT2D eigenvalue weighted by molar-refractivity contribution is -0.124. The average molecular weight is 710 g/mol. The van der Waals surface area contributed by atoms with Gasteiger partial charge in [0.1, 0.15) is 0 Å². The summed E-state index contributed by atoms with van der Waals surface area (Å²) in [5.74, 6) is -0.381. The molecule has 0 N–H and O–H groups in total. The molecule has 2 amide bonds. The van der Waals surface area contributed by atoms with Crippen molar-refractivity contribution in [1.29, 1.82) is 0 Å². The fraction of sp³-hybridized carbons (Fsp3) is 0.289. The van der Waals surface area contributed by atoms with E-state index in [2.05, 4.69) is 28.1 Å². The topological polar surface area (TPSA) is 93.6 Å². The molecule has 3 aromatic carbocycles. The van der Waals surface area contributed by atoms with Crippen molar-refractivity contribution in [2.24, 2.45) is 35.5 Å². The van der Waals surface area contributed by atoms with Crippen molar-refractivity contribution in [2.45, 2.75) is 33.3 Å². The number of carbonyl (C=O) groups excluding carboxylic acids is 4. The van der Waals surface area contributed by atoms with E-state index in [9.17, 15) is 19.2 Å². The number of pyridine rings is 1. The molecule has 1 aliphatic heterocycles. The molecule has 4 aliphatic carbocycles. The predicted octanol–water partition coefficient (Wildman–Crippen LogP) is 7.92. The first kappa shape index (κ1) is 30.2. The van der Waals surface area contributed by atoms with Crippen molar-refractivity contribution in [2.75, 3.05) is 4.90 Å². The van der Waals surface area contributed by atoms with Gasteiger partial charge in [-0.05, 0) is 96.6 Å². The summed E-state index contributed by atoms with van der Waals surface area (Å²) < 4.78 is 6.33. The monoisotopic (exact) mass is 708 g/mol. The number of allylic oxidation sites excluding steroid dienone is 2. The van der Waals surface area contributed by atoms with Gasteiger partial charge in [0.05, 0.1) is 39.3 Å². The molecule has 2 saturated carbocycles. The molecule has 2 bridgehead atoms. The van der Waals surface area contributed by atoms with Crippen LogP contribution in [0.1, 0.15) is 45.2 Å². The highest BCUT2D eigenvalue weighted by Crippen LogP contribution is 2.65. The van der Waals surface area contributed by atoms with Crippen molar-refractivity contribution in [3.63, 3.8) is 0 Å². The molecule has 236 valence electrons. The number of benzene rings is 3. The molecule has 0 radical (unpaired) electrons. The van der Waals surface area contributed by atoms with Crippen LogP contribution < -0.4 is 4.90 Å². The van der Waals surface area contributed by atoms with Gasteiger partial charge in [-0.1, -0.05) is 65.7 Å². The lowest BCUT2D eigenvalue weighted by atomic mass is 9.63. The largest absolute Gasteiger partial charge is 0.451 e. The van der Waals surface area contributed by atoms with Crippen LogP contribution in [0.5, 0.6) is 0 Å². The van der Waals surface area contributed by atoms with E-state index < -0.39 is 12.1 Å². The fourth-order valence-electron chi connectivity index (χ4n) is 8.00. The molecule has 7 unspecified atom stereocenters. The quantitative estimate of drug-likeness (QED) is 0.0874. The summed E-state index contributed by atoms with van der Waals surface area (Å²) in [7, 11) is 0. The molecule has 47 heavy (non-hydrogen) atoms. The maximum absolute atomic E-state index is 13.7. The summed E-state index contributed by atoms with van der Waals surface area (Å²) in [5.41, 5.74) is 4.57. The summed E-state index contributed by atoms with van der Waals surface area (Å²) in [6.07, 6.45) is 4.42. The van der Waals surface area contributed by atoms with Gasteiger partial charge in [-0.25, -0.2) is 9.78 Å². The fourth-order valence-corrected chi connectivity index (χ4v) is 8.67. The average Bonchev–Trinajstić information content (AvgIpc) is 3.85. The highest BCUT2D eigenvalue weighted by atomic mass is 79.9. The Bertz CT molecular complexity index is 2040. The first-order chi connectivity index (χ1) is 22.5. The van der Waals surface area contributed by atoms with Crippen LogP contribution >= 0.6 is 27.5 Å². The lowest BCUT2D eigenvalue weighted by Crippen LogP contribution is -2.40. The van der Waals surface area contributed by atoms with Crippen LogP contribution in [0.3, 0.4) is 0 Å². The van der Waals surface area contributed by atoms with Gasteiger partial charge in [0.25, 0.3) is 0 Å². The smallest absolute Gasteiger partial charge is 0.339 e. The van der Waals surface area contributed by atoms with Gasteiger partial charge >= 0.3 is 5.97 Å². The number of rotatable bonds is 6. The third kappa shape index (κ3) is 4.71. The maximum Gasteiger partial charge on any atom is 0.339 e. The van der Waals surface area contributed by atoms with E-state index in [0.717, 1.165) is 12.0 Å². The molecule has 0 spiro atoms. The van der Waals surface area contributed by atoms with Gasteiger partial charge in [0, 0.05) is 21.0 Å². The van der Waals surface area contributed by atoms with Crippen molar-refractivity contribution in [3.05, 3.63) is 105 Å². The number of anilines is 1. The number of amides is 2. The van der Waals surface area contributed by atoms with E-state index in [1.807, 2.05) is 26.0 Å². The van der Waals surface area contributed by atoms with Gasteiger partial charge in [-0.3, -0.25) is 19.3 Å². The Morgan fingerprint density at radius 3 is 2.17 bits per heavy atom. The number of Topliss-reactive ketones (excluding diaryl/α,β-unsaturated/α-hetero) is 1. The highest BCUT2D eigenvalue weighted by molar-refractivity contribution is 9.10. The number of ketones is 1. The Hall–Kier alpha value is -4.14. The number of aryl methyl sites for hydroxylation is 2. The number of imide groups is 1. The van der Waals surface area contributed by atoms with Crippen molar-refractivity contribution >= 4 is 67.7 Å². The Morgan fingerprint density at radius 2 is 1.55 bits per heavy atom. The number of esters is 1. The molecular weight excluding hydrogens is 680 g/mol. The second kappa shape index (κ2) is 11.0. The second-order valence-corrected chi connectivity index (χ2v) is 14.5. The summed E-state index contributed by atoms with van der Waals surface area (Å²) in [6, 6.07) is 17.6. The summed E-state index contributed by atoms with van der Waals surface area (Å²) in [5, 5.41) is 0.990. The van der Waals surface area contributed by atoms with Crippen molar-refractivity contribution in [1.82, 2.24) is 4.98 Å². The Morgan fingerprint density at radius 1 is 0.936 bits per heavy atom. The van der Waals surface area contributed by atoms with Gasteiger partial charge in [0.2, 0.25) is 17.6 Å². The molecule has 7 atom stereocenters. The van der Waals surface area contributed by atoms with Gasteiger partial charge in [0.15, 0.2) is 6.10 Å². The SMILES string of the molecule is Cc1ccc(C(=O)C(C)OC(=O)c2cc(-c3ccc(N4C(=O)C5C6C=CC(C7CC67)C5C4=O)cc3)nc3c(C)c(Cl)c(Br)cc23)cc1. The molecule has 3 fully saturated rings.